The lowest BCUT2D eigenvalue weighted by molar-refractivity contribution is -0.141. The molecule has 0 fully saturated rings. The van der Waals surface area contributed by atoms with Crippen molar-refractivity contribution in [2.75, 3.05) is 26.2 Å². The lowest BCUT2D eigenvalue weighted by atomic mass is 10.1. The van der Waals surface area contributed by atoms with E-state index in [1.165, 1.54) is 10.5 Å². The van der Waals surface area contributed by atoms with E-state index < -0.39 is 11.9 Å². The van der Waals surface area contributed by atoms with Crippen molar-refractivity contribution in [1.82, 2.24) is 4.90 Å². The Morgan fingerprint density at radius 2 is 1.71 bits per heavy atom. The molecule has 0 aliphatic carbocycles. The van der Waals surface area contributed by atoms with Crippen molar-refractivity contribution >= 4 is 11.9 Å². The zero-order chi connectivity index (χ0) is 15.8. The third-order valence-electron chi connectivity index (χ3n) is 3.08. The predicted octanol–water partition coefficient (Wildman–Crippen LogP) is 1.54. The van der Waals surface area contributed by atoms with Gasteiger partial charge in [0.25, 0.3) is 0 Å². The maximum absolute atomic E-state index is 10.6. The first kappa shape index (κ1) is 17.0. The average Bonchev–Trinajstić information content (AvgIpc) is 2.37. The number of nitrogens with zero attached hydrogens (tertiary/aromatic N) is 1. The second-order valence-electron chi connectivity index (χ2n) is 4.95. The van der Waals surface area contributed by atoms with Gasteiger partial charge in [-0.15, -0.1) is 0 Å². The molecule has 0 spiro atoms. The van der Waals surface area contributed by atoms with E-state index in [4.69, 9.17) is 14.9 Å². The Labute approximate surface area is 124 Å². The molecule has 0 atom stereocenters. The van der Waals surface area contributed by atoms with E-state index in [0.29, 0.717) is 19.6 Å². The van der Waals surface area contributed by atoms with E-state index in [2.05, 4.69) is 0 Å². The van der Waals surface area contributed by atoms with Gasteiger partial charge in [-0.25, -0.2) is 0 Å². The van der Waals surface area contributed by atoms with Crippen LogP contribution < -0.4 is 4.74 Å². The van der Waals surface area contributed by atoms with Crippen LogP contribution in [0.2, 0.25) is 0 Å². The number of carbonyl (C=O) groups is 2. The number of aryl methyl sites for hydroxylation is 2. The zero-order valence-corrected chi connectivity index (χ0v) is 12.3. The van der Waals surface area contributed by atoms with Crippen molar-refractivity contribution in [3.8, 4) is 5.75 Å². The molecule has 2 N–H and O–H groups in total. The highest BCUT2D eigenvalue weighted by Crippen LogP contribution is 2.16. The molecular weight excluding hydrogens is 274 g/mol. The van der Waals surface area contributed by atoms with Gasteiger partial charge in [0, 0.05) is 6.54 Å². The van der Waals surface area contributed by atoms with Gasteiger partial charge in [0.05, 0.1) is 19.7 Å². The number of ether oxygens (including phenoxy) is 1. The summed E-state index contributed by atoms with van der Waals surface area (Å²) in [4.78, 5) is 22.7. The Morgan fingerprint density at radius 1 is 1.10 bits per heavy atom. The second kappa shape index (κ2) is 8.26. The molecule has 0 unspecified atom stereocenters. The van der Waals surface area contributed by atoms with Gasteiger partial charge >= 0.3 is 11.9 Å². The number of rotatable bonds is 9. The van der Waals surface area contributed by atoms with E-state index >= 15 is 0 Å². The average molecular weight is 295 g/mol. The smallest absolute Gasteiger partial charge is 0.317 e. The van der Waals surface area contributed by atoms with Crippen molar-refractivity contribution < 1.29 is 24.5 Å². The molecule has 0 saturated carbocycles. The van der Waals surface area contributed by atoms with Gasteiger partial charge in [-0.1, -0.05) is 6.07 Å². The van der Waals surface area contributed by atoms with E-state index in [1.807, 2.05) is 32.0 Å². The highest BCUT2D eigenvalue weighted by Gasteiger charge is 2.12. The van der Waals surface area contributed by atoms with Gasteiger partial charge in [0.2, 0.25) is 0 Å². The summed E-state index contributed by atoms with van der Waals surface area (Å²) in [7, 11) is 0. The summed E-state index contributed by atoms with van der Waals surface area (Å²) in [5, 5.41) is 17.4. The molecule has 0 aromatic heterocycles. The minimum Gasteiger partial charge on any atom is -0.494 e. The lowest BCUT2D eigenvalue weighted by Crippen LogP contribution is -2.35. The van der Waals surface area contributed by atoms with Crippen LogP contribution in [0.4, 0.5) is 0 Å². The van der Waals surface area contributed by atoms with Crippen LogP contribution in [0, 0.1) is 13.8 Å². The quantitative estimate of drug-likeness (QED) is 0.672. The summed E-state index contributed by atoms with van der Waals surface area (Å²) in [5.74, 6) is -1.31. The van der Waals surface area contributed by atoms with Crippen LogP contribution in [0.1, 0.15) is 17.5 Å². The first-order valence-corrected chi connectivity index (χ1v) is 6.74. The van der Waals surface area contributed by atoms with Crippen LogP contribution in [0.5, 0.6) is 5.75 Å². The molecule has 0 aliphatic heterocycles. The molecular formula is C15H21NO5. The van der Waals surface area contributed by atoms with Crippen LogP contribution >= 0.6 is 0 Å². The van der Waals surface area contributed by atoms with E-state index in [1.54, 1.807) is 0 Å². The SMILES string of the molecule is Cc1ccc(OCCCN(CC(=O)O)CC(=O)O)cc1C. The van der Waals surface area contributed by atoms with Crippen molar-refractivity contribution in [3.63, 3.8) is 0 Å². The Kier molecular flexibility index (Phi) is 6.68. The molecule has 1 aromatic rings. The summed E-state index contributed by atoms with van der Waals surface area (Å²) >= 11 is 0. The highest BCUT2D eigenvalue weighted by atomic mass is 16.5. The van der Waals surface area contributed by atoms with Crippen LogP contribution in [-0.2, 0) is 9.59 Å². The third-order valence-corrected chi connectivity index (χ3v) is 3.08. The van der Waals surface area contributed by atoms with Gasteiger partial charge < -0.3 is 14.9 Å². The van der Waals surface area contributed by atoms with Gasteiger partial charge in [-0.05, 0) is 43.5 Å². The monoisotopic (exact) mass is 295 g/mol. The molecule has 0 radical (unpaired) electrons. The first-order chi connectivity index (χ1) is 9.88. The summed E-state index contributed by atoms with van der Waals surface area (Å²) in [6.07, 6.45) is 0.563. The maximum atomic E-state index is 10.6. The number of aliphatic carboxylic acids is 2. The van der Waals surface area contributed by atoms with E-state index in [9.17, 15) is 9.59 Å². The fourth-order valence-electron chi connectivity index (χ4n) is 1.88. The van der Waals surface area contributed by atoms with E-state index in [0.717, 1.165) is 11.3 Å². The lowest BCUT2D eigenvalue weighted by Gasteiger charge is -2.17. The topological polar surface area (TPSA) is 87.1 Å². The highest BCUT2D eigenvalue weighted by molar-refractivity contribution is 5.72. The molecule has 0 bridgehead atoms. The van der Waals surface area contributed by atoms with Gasteiger partial charge in [0.1, 0.15) is 5.75 Å². The van der Waals surface area contributed by atoms with E-state index in [-0.39, 0.29) is 13.1 Å². The molecule has 6 heteroatoms. The molecule has 0 heterocycles. The Hall–Kier alpha value is -2.08. The minimum atomic E-state index is -1.04. The normalized spacial score (nSPS) is 10.6. The fourth-order valence-corrected chi connectivity index (χ4v) is 1.88. The first-order valence-electron chi connectivity index (χ1n) is 6.74. The molecule has 116 valence electrons. The van der Waals surface area contributed by atoms with Crippen LogP contribution in [0.3, 0.4) is 0 Å². The van der Waals surface area contributed by atoms with Crippen LogP contribution in [0.25, 0.3) is 0 Å². The Morgan fingerprint density at radius 3 is 2.24 bits per heavy atom. The number of carboxylic acid groups (broad SMARTS) is 2. The number of benzene rings is 1. The Bertz CT molecular complexity index is 485. The molecule has 21 heavy (non-hydrogen) atoms. The third kappa shape index (κ3) is 6.76. The summed E-state index contributed by atoms with van der Waals surface area (Å²) in [6.45, 7) is 4.24. The van der Waals surface area contributed by atoms with Crippen molar-refractivity contribution in [1.29, 1.82) is 0 Å². The molecule has 1 aromatic carbocycles. The molecule has 0 amide bonds. The van der Waals surface area contributed by atoms with Gasteiger partial charge in [-0.3, -0.25) is 14.5 Å². The minimum absolute atomic E-state index is 0.282. The maximum Gasteiger partial charge on any atom is 0.317 e. The Balaban J connectivity index is 2.37. The summed E-state index contributed by atoms with van der Waals surface area (Å²) < 4.78 is 5.58. The molecule has 1 rings (SSSR count). The van der Waals surface area contributed by atoms with Crippen molar-refractivity contribution in [2.45, 2.75) is 20.3 Å². The molecule has 0 aliphatic rings. The van der Waals surface area contributed by atoms with Gasteiger partial charge in [0.15, 0.2) is 0 Å². The summed E-state index contributed by atoms with van der Waals surface area (Å²) in [6, 6.07) is 5.81. The zero-order valence-electron chi connectivity index (χ0n) is 12.3. The standard InChI is InChI=1S/C15H21NO5/c1-11-4-5-13(8-12(11)2)21-7-3-6-16(9-14(17)18)10-15(19)20/h4-5,8H,3,6-7,9-10H2,1-2H3,(H,17,18)(H,19,20). The largest absolute Gasteiger partial charge is 0.494 e. The molecule has 0 saturated heterocycles. The number of hydrogen-bond acceptors (Lipinski definition) is 4. The predicted molar refractivity (Wildman–Crippen MR) is 77.7 cm³/mol. The van der Waals surface area contributed by atoms with Crippen molar-refractivity contribution in [2.24, 2.45) is 0 Å². The number of carboxylic acids is 2. The summed E-state index contributed by atoms with van der Waals surface area (Å²) in [5.41, 5.74) is 2.34. The van der Waals surface area contributed by atoms with Crippen LogP contribution in [0.15, 0.2) is 18.2 Å². The van der Waals surface area contributed by atoms with Gasteiger partial charge in [-0.2, -0.15) is 0 Å². The second-order valence-corrected chi connectivity index (χ2v) is 4.95. The van der Waals surface area contributed by atoms with Crippen molar-refractivity contribution in [3.05, 3.63) is 29.3 Å². The fraction of sp³-hybridized carbons (Fsp3) is 0.467. The number of hydrogen-bond donors (Lipinski definition) is 2. The van der Waals surface area contributed by atoms with Crippen LogP contribution in [-0.4, -0.2) is 53.3 Å². The molecule has 6 nitrogen and oxygen atoms in total.